The third kappa shape index (κ3) is 4.21. The number of hydrogen-bond acceptors (Lipinski definition) is 4. The molecule has 1 aliphatic carbocycles. The summed E-state index contributed by atoms with van der Waals surface area (Å²) in [5.41, 5.74) is 1.55. The molecule has 2 atom stereocenters. The summed E-state index contributed by atoms with van der Waals surface area (Å²) < 4.78 is 11.2. The van der Waals surface area contributed by atoms with E-state index in [1.54, 1.807) is 6.07 Å². The number of para-hydroxylation sites is 1. The molecule has 1 N–H and O–H groups in total. The molecule has 5 nitrogen and oxygen atoms in total. The Morgan fingerprint density at radius 2 is 2.04 bits per heavy atom. The van der Waals surface area contributed by atoms with Crippen LogP contribution in [0.5, 0.6) is 0 Å². The predicted octanol–water partition coefficient (Wildman–Crippen LogP) is 3.84. The number of carbonyl (C=O) groups is 1. The van der Waals surface area contributed by atoms with Crippen LogP contribution in [0.25, 0.3) is 0 Å². The van der Waals surface area contributed by atoms with Gasteiger partial charge in [0.15, 0.2) is 0 Å². The molecule has 0 spiro atoms. The summed E-state index contributed by atoms with van der Waals surface area (Å²) in [6.07, 6.45) is 3.79. The highest BCUT2D eigenvalue weighted by molar-refractivity contribution is 6.33. The van der Waals surface area contributed by atoms with Gasteiger partial charge in [-0.1, -0.05) is 30.2 Å². The number of ether oxygens (including phenoxy) is 2. The van der Waals surface area contributed by atoms with Crippen LogP contribution < -0.4 is 5.32 Å². The van der Waals surface area contributed by atoms with Crippen molar-refractivity contribution in [2.24, 2.45) is 0 Å². The number of aryl methyl sites for hydroxylation is 1. The number of halogens is 1. The molecule has 132 valence electrons. The van der Waals surface area contributed by atoms with E-state index in [-0.39, 0.29) is 6.10 Å². The van der Waals surface area contributed by atoms with E-state index in [0.717, 1.165) is 51.1 Å². The first-order valence-electron chi connectivity index (χ1n) is 8.69. The van der Waals surface area contributed by atoms with Gasteiger partial charge in [-0.25, -0.2) is 4.79 Å². The molecule has 1 aromatic carbocycles. The number of rotatable bonds is 3. The molecule has 2 fully saturated rings. The second-order valence-electron chi connectivity index (χ2n) is 6.50. The third-order valence-electron chi connectivity index (χ3n) is 4.89. The molecular formula is C18H25ClN2O3. The second-order valence-corrected chi connectivity index (χ2v) is 6.91. The lowest BCUT2D eigenvalue weighted by Gasteiger charge is -2.40. The van der Waals surface area contributed by atoms with Gasteiger partial charge in [0.05, 0.1) is 23.9 Å². The summed E-state index contributed by atoms with van der Waals surface area (Å²) in [6.45, 7) is 5.26. The highest BCUT2D eigenvalue weighted by Crippen LogP contribution is 2.28. The number of anilines is 1. The molecule has 0 radical (unpaired) electrons. The summed E-state index contributed by atoms with van der Waals surface area (Å²) in [5.74, 6) is 0. The first-order valence-corrected chi connectivity index (χ1v) is 9.07. The van der Waals surface area contributed by atoms with Gasteiger partial charge < -0.3 is 9.47 Å². The number of nitrogens with zero attached hydrogens (tertiary/aromatic N) is 1. The van der Waals surface area contributed by atoms with E-state index >= 15 is 0 Å². The fraction of sp³-hybridized carbons (Fsp3) is 0.611. The van der Waals surface area contributed by atoms with Crippen molar-refractivity contribution in [2.75, 3.05) is 31.6 Å². The first kappa shape index (κ1) is 17.5. The molecule has 1 heterocycles. The summed E-state index contributed by atoms with van der Waals surface area (Å²) in [7, 11) is 0. The Balaban J connectivity index is 1.63. The number of carbonyl (C=O) groups excluding carboxylic acids is 1. The molecule has 1 amide bonds. The average molecular weight is 353 g/mol. The Morgan fingerprint density at radius 1 is 1.29 bits per heavy atom. The number of nitrogens with one attached hydrogen (secondary N) is 1. The van der Waals surface area contributed by atoms with E-state index in [1.807, 2.05) is 19.1 Å². The second kappa shape index (κ2) is 8.19. The van der Waals surface area contributed by atoms with Gasteiger partial charge in [-0.05, 0) is 37.8 Å². The van der Waals surface area contributed by atoms with E-state index < -0.39 is 6.09 Å². The van der Waals surface area contributed by atoms with Crippen molar-refractivity contribution in [3.05, 3.63) is 28.8 Å². The number of benzene rings is 1. The fourth-order valence-corrected chi connectivity index (χ4v) is 3.87. The Bertz CT molecular complexity index is 555. The number of hydrogen-bond donors (Lipinski definition) is 1. The van der Waals surface area contributed by atoms with Crippen LogP contribution >= 0.6 is 11.6 Å². The zero-order valence-corrected chi connectivity index (χ0v) is 14.8. The van der Waals surface area contributed by atoms with E-state index in [2.05, 4.69) is 10.2 Å². The fourth-order valence-electron chi connectivity index (χ4n) is 3.60. The van der Waals surface area contributed by atoms with Crippen molar-refractivity contribution in [1.29, 1.82) is 0 Å². The van der Waals surface area contributed by atoms with Crippen LogP contribution in [-0.4, -0.2) is 49.4 Å². The minimum Gasteiger partial charge on any atom is -0.444 e. The van der Waals surface area contributed by atoms with E-state index in [4.69, 9.17) is 21.1 Å². The van der Waals surface area contributed by atoms with Crippen LogP contribution in [0.3, 0.4) is 0 Å². The van der Waals surface area contributed by atoms with Crippen molar-refractivity contribution in [3.63, 3.8) is 0 Å². The van der Waals surface area contributed by atoms with E-state index in [1.165, 1.54) is 6.42 Å². The standard InChI is InChI=1S/C18H25ClN2O3/c1-13-5-4-6-14(19)17(13)20-18(22)24-16-8-3-2-7-15(16)21-9-11-23-12-10-21/h4-6,15-16H,2-3,7-12H2,1H3,(H,20,22). The lowest BCUT2D eigenvalue weighted by molar-refractivity contribution is -0.0386. The van der Waals surface area contributed by atoms with Crippen molar-refractivity contribution in [3.8, 4) is 0 Å². The molecule has 0 aromatic heterocycles. The van der Waals surface area contributed by atoms with Gasteiger partial charge >= 0.3 is 6.09 Å². The highest BCUT2D eigenvalue weighted by Gasteiger charge is 2.33. The molecule has 24 heavy (non-hydrogen) atoms. The zero-order chi connectivity index (χ0) is 16.9. The molecule has 2 unspecified atom stereocenters. The molecule has 0 bridgehead atoms. The highest BCUT2D eigenvalue weighted by atomic mass is 35.5. The molecule has 6 heteroatoms. The van der Waals surface area contributed by atoms with Crippen molar-refractivity contribution >= 4 is 23.4 Å². The lowest BCUT2D eigenvalue weighted by atomic mass is 9.91. The smallest absolute Gasteiger partial charge is 0.412 e. The number of morpholine rings is 1. The van der Waals surface area contributed by atoms with Crippen molar-refractivity contribution in [2.45, 2.75) is 44.8 Å². The van der Waals surface area contributed by atoms with Gasteiger partial charge in [0.25, 0.3) is 0 Å². The van der Waals surface area contributed by atoms with Gasteiger partial charge in [-0.3, -0.25) is 10.2 Å². The molecule has 1 aromatic rings. The molecule has 1 aliphatic heterocycles. The summed E-state index contributed by atoms with van der Waals surface area (Å²) in [6, 6.07) is 5.84. The Hall–Kier alpha value is -1.30. The maximum Gasteiger partial charge on any atom is 0.412 e. The molecule has 1 saturated carbocycles. The quantitative estimate of drug-likeness (QED) is 0.898. The summed E-state index contributed by atoms with van der Waals surface area (Å²) in [4.78, 5) is 14.8. The van der Waals surface area contributed by atoms with Gasteiger partial charge in [0, 0.05) is 19.1 Å². The van der Waals surface area contributed by atoms with Gasteiger partial charge in [0.2, 0.25) is 0 Å². The van der Waals surface area contributed by atoms with Crippen LogP contribution in [0.4, 0.5) is 10.5 Å². The van der Waals surface area contributed by atoms with E-state index in [9.17, 15) is 4.79 Å². The monoisotopic (exact) mass is 352 g/mol. The van der Waals surface area contributed by atoms with Gasteiger partial charge in [-0.15, -0.1) is 0 Å². The largest absolute Gasteiger partial charge is 0.444 e. The number of amides is 1. The Morgan fingerprint density at radius 3 is 2.79 bits per heavy atom. The maximum atomic E-state index is 12.4. The average Bonchev–Trinajstić information content (AvgIpc) is 2.60. The van der Waals surface area contributed by atoms with Crippen LogP contribution in [0, 0.1) is 6.92 Å². The summed E-state index contributed by atoms with van der Waals surface area (Å²) >= 11 is 6.17. The Labute approximate surface area is 148 Å². The van der Waals surface area contributed by atoms with E-state index in [0.29, 0.717) is 16.8 Å². The SMILES string of the molecule is Cc1cccc(Cl)c1NC(=O)OC1CCCCC1N1CCOCC1. The van der Waals surface area contributed by atoms with Crippen LogP contribution in [0.15, 0.2) is 18.2 Å². The van der Waals surface area contributed by atoms with Crippen LogP contribution in [0.1, 0.15) is 31.2 Å². The van der Waals surface area contributed by atoms with Gasteiger partial charge in [0.1, 0.15) is 6.10 Å². The van der Waals surface area contributed by atoms with Crippen LogP contribution in [-0.2, 0) is 9.47 Å². The van der Waals surface area contributed by atoms with Crippen molar-refractivity contribution < 1.29 is 14.3 Å². The van der Waals surface area contributed by atoms with Crippen molar-refractivity contribution in [1.82, 2.24) is 4.90 Å². The lowest BCUT2D eigenvalue weighted by Crippen LogP contribution is -2.51. The molecule has 1 saturated heterocycles. The topological polar surface area (TPSA) is 50.8 Å². The Kier molecular flexibility index (Phi) is 5.98. The van der Waals surface area contributed by atoms with Crippen LogP contribution in [0.2, 0.25) is 5.02 Å². The van der Waals surface area contributed by atoms with Gasteiger partial charge in [-0.2, -0.15) is 0 Å². The zero-order valence-electron chi connectivity index (χ0n) is 14.1. The third-order valence-corrected chi connectivity index (χ3v) is 5.20. The molecular weight excluding hydrogens is 328 g/mol. The summed E-state index contributed by atoms with van der Waals surface area (Å²) in [5, 5.41) is 3.34. The first-order chi connectivity index (χ1) is 11.6. The predicted molar refractivity (Wildman–Crippen MR) is 94.7 cm³/mol. The molecule has 3 rings (SSSR count). The minimum atomic E-state index is -0.420. The maximum absolute atomic E-state index is 12.4. The minimum absolute atomic E-state index is 0.0698. The normalized spacial score (nSPS) is 25.2. The molecule has 2 aliphatic rings.